The number of likely N-dealkylation sites (N-methyl/N-ethyl adjacent to an activating group) is 1. The van der Waals surface area contributed by atoms with Crippen LogP contribution in [-0.4, -0.2) is 36.1 Å². The summed E-state index contributed by atoms with van der Waals surface area (Å²) < 4.78 is 5.81. The summed E-state index contributed by atoms with van der Waals surface area (Å²) in [6, 6.07) is 9.10. The fraction of sp³-hybridized carbons (Fsp3) is 0.500. The molecule has 1 aromatic carbocycles. The molecule has 1 fully saturated rings. The molecular weight excluding hydrogens is 306 g/mol. The van der Waals surface area contributed by atoms with Crippen molar-refractivity contribution in [2.75, 3.05) is 20.1 Å². The Morgan fingerprint density at radius 3 is 2.87 bits per heavy atom. The van der Waals surface area contributed by atoms with Crippen LogP contribution >= 0.6 is 11.3 Å². The van der Waals surface area contributed by atoms with Gasteiger partial charge in [-0.25, -0.2) is 4.98 Å². The first kappa shape index (κ1) is 16.4. The average molecular weight is 331 g/mol. The highest BCUT2D eigenvalue weighted by atomic mass is 32.1. The summed E-state index contributed by atoms with van der Waals surface area (Å²) >= 11 is 1.66. The third kappa shape index (κ3) is 4.77. The highest BCUT2D eigenvalue weighted by molar-refractivity contribution is 7.09. The monoisotopic (exact) mass is 331 g/mol. The lowest BCUT2D eigenvalue weighted by molar-refractivity contribution is 0.188. The zero-order valence-electron chi connectivity index (χ0n) is 13.9. The maximum Gasteiger partial charge on any atom is 0.131 e. The van der Waals surface area contributed by atoms with Crippen LogP contribution in [0.4, 0.5) is 0 Å². The van der Waals surface area contributed by atoms with Crippen molar-refractivity contribution in [1.82, 2.24) is 15.2 Å². The van der Waals surface area contributed by atoms with Gasteiger partial charge in [0, 0.05) is 24.5 Å². The normalized spacial score (nSPS) is 19.0. The minimum absolute atomic E-state index is 0.541. The first-order chi connectivity index (χ1) is 11.2. The van der Waals surface area contributed by atoms with Crippen molar-refractivity contribution in [2.45, 2.75) is 39.0 Å². The predicted octanol–water partition coefficient (Wildman–Crippen LogP) is 3.21. The van der Waals surface area contributed by atoms with E-state index in [9.17, 15) is 0 Å². The van der Waals surface area contributed by atoms with E-state index in [4.69, 9.17) is 4.74 Å². The van der Waals surface area contributed by atoms with Crippen LogP contribution in [0.2, 0.25) is 0 Å². The van der Waals surface area contributed by atoms with Crippen LogP contribution in [0.5, 0.6) is 5.75 Å². The Bertz CT molecular complexity index is 611. The summed E-state index contributed by atoms with van der Waals surface area (Å²) in [5.74, 6) is 0.908. The number of benzene rings is 1. The largest absolute Gasteiger partial charge is 0.487 e. The van der Waals surface area contributed by atoms with Gasteiger partial charge in [-0.3, -0.25) is 4.90 Å². The molecule has 0 aliphatic carbocycles. The molecular formula is C18H25N3OS. The smallest absolute Gasteiger partial charge is 0.131 e. The molecule has 2 aromatic rings. The molecule has 0 saturated carbocycles. The number of likely N-dealkylation sites (tertiary alicyclic amines) is 1. The highest BCUT2D eigenvalue weighted by Crippen LogP contribution is 2.18. The maximum atomic E-state index is 5.81. The summed E-state index contributed by atoms with van der Waals surface area (Å²) in [5.41, 5.74) is 2.35. The summed E-state index contributed by atoms with van der Waals surface area (Å²) in [6.45, 7) is 5.91. The molecule has 1 aliphatic heterocycles. The molecule has 0 spiro atoms. The molecule has 0 radical (unpaired) electrons. The van der Waals surface area contributed by atoms with Gasteiger partial charge in [-0.05, 0) is 51.1 Å². The first-order valence-electron chi connectivity index (χ1n) is 8.25. The van der Waals surface area contributed by atoms with Crippen LogP contribution in [-0.2, 0) is 13.2 Å². The van der Waals surface area contributed by atoms with Crippen LogP contribution in [0.25, 0.3) is 0 Å². The molecule has 1 aliphatic rings. The van der Waals surface area contributed by atoms with E-state index in [1.807, 2.05) is 6.92 Å². The topological polar surface area (TPSA) is 37.4 Å². The fourth-order valence-corrected chi connectivity index (χ4v) is 3.61. The van der Waals surface area contributed by atoms with E-state index in [2.05, 4.69) is 51.9 Å². The third-order valence-electron chi connectivity index (χ3n) is 4.30. The Kier molecular flexibility index (Phi) is 5.65. The van der Waals surface area contributed by atoms with Crippen LogP contribution in [0, 0.1) is 6.92 Å². The van der Waals surface area contributed by atoms with Gasteiger partial charge in [0.05, 0.1) is 10.7 Å². The fourth-order valence-electron chi connectivity index (χ4n) is 3.02. The first-order valence-corrected chi connectivity index (χ1v) is 9.13. The average Bonchev–Trinajstić information content (AvgIpc) is 3.00. The second kappa shape index (κ2) is 7.90. The van der Waals surface area contributed by atoms with E-state index in [1.54, 1.807) is 11.3 Å². The van der Waals surface area contributed by atoms with Crippen LogP contribution in [0.15, 0.2) is 29.6 Å². The van der Waals surface area contributed by atoms with E-state index >= 15 is 0 Å². The number of nitrogens with zero attached hydrogens (tertiary/aromatic N) is 2. The molecule has 3 rings (SSSR count). The van der Waals surface area contributed by atoms with Gasteiger partial charge in [-0.1, -0.05) is 12.1 Å². The Morgan fingerprint density at radius 1 is 1.35 bits per heavy atom. The van der Waals surface area contributed by atoms with Crippen molar-refractivity contribution in [2.24, 2.45) is 0 Å². The number of thiazole rings is 1. The van der Waals surface area contributed by atoms with Gasteiger partial charge in [0.15, 0.2) is 0 Å². The van der Waals surface area contributed by atoms with Gasteiger partial charge in [-0.15, -0.1) is 11.3 Å². The second-order valence-corrected chi connectivity index (χ2v) is 7.22. The van der Waals surface area contributed by atoms with Gasteiger partial charge >= 0.3 is 0 Å². The molecule has 124 valence electrons. The number of rotatable bonds is 6. The van der Waals surface area contributed by atoms with Gasteiger partial charge in [0.2, 0.25) is 0 Å². The summed E-state index contributed by atoms with van der Waals surface area (Å²) in [7, 11) is 2.06. The van der Waals surface area contributed by atoms with Crippen LogP contribution < -0.4 is 10.1 Å². The zero-order valence-corrected chi connectivity index (χ0v) is 14.7. The van der Waals surface area contributed by atoms with Gasteiger partial charge < -0.3 is 10.1 Å². The standard InChI is InChI=1S/C18H25N3OS/c1-14-20-17(13-23-14)12-22-18-7-5-15(6-8-18)10-21-9-3-4-16(11-21)19-2/h5-8,13,16,19H,3-4,9-12H2,1-2H3. The molecule has 1 N–H and O–H groups in total. The van der Waals surface area contributed by atoms with E-state index in [-0.39, 0.29) is 0 Å². The van der Waals surface area contributed by atoms with E-state index < -0.39 is 0 Å². The lowest BCUT2D eigenvalue weighted by Crippen LogP contribution is -2.43. The maximum absolute atomic E-state index is 5.81. The third-order valence-corrected chi connectivity index (χ3v) is 5.12. The molecule has 0 amide bonds. The summed E-state index contributed by atoms with van der Waals surface area (Å²) in [4.78, 5) is 6.94. The van der Waals surface area contributed by atoms with Crippen molar-refractivity contribution in [3.05, 3.63) is 45.9 Å². The van der Waals surface area contributed by atoms with Crippen LogP contribution in [0.1, 0.15) is 29.1 Å². The Hall–Kier alpha value is -1.43. The number of hydrogen-bond donors (Lipinski definition) is 1. The summed E-state index contributed by atoms with van der Waals surface area (Å²) in [6.07, 6.45) is 2.57. The quantitative estimate of drug-likeness (QED) is 0.882. The van der Waals surface area contributed by atoms with E-state index in [1.165, 1.54) is 24.9 Å². The molecule has 1 aromatic heterocycles. The molecule has 1 saturated heterocycles. The van der Waals surface area contributed by atoms with Crippen molar-refractivity contribution < 1.29 is 4.74 Å². The van der Waals surface area contributed by atoms with Crippen molar-refractivity contribution in [3.8, 4) is 5.75 Å². The van der Waals surface area contributed by atoms with Gasteiger partial charge in [0.1, 0.15) is 12.4 Å². The molecule has 2 heterocycles. The van der Waals surface area contributed by atoms with Crippen molar-refractivity contribution in [3.63, 3.8) is 0 Å². The minimum Gasteiger partial charge on any atom is -0.487 e. The molecule has 1 atom stereocenters. The number of aryl methyl sites for hydroxylation is 1. The number of hydrogen-bond acceptors (Lipinski definition) is 5. The highest BCUT2D eigenvalue weighted by Gasteiger charge is 2.18. The molecule has 0 bridgehead atoms. The molecule has 4 nitrogen and oxygen atoms in total. The molecule has 5 heteroatoms. The lowest BCUT2D eigenvalue weighted by atomic mass is 10.1. The zero-order chi connectivity index (χ0) is 16.1. The minimum atomic E-state index is 0.541. The number of aromatic nitrogens is 1. The van der Waals surface area contributed by atoms with E-state index in [0.717, 1.165) is 29.5 Å². The van der Waals surface area contributed by atoms with Gasteiger partial charge in [-0.2, -0.15) is 0 Å². The number of nitrogens with one attached hydrogen (secondary N) is 1. The molecule has 23 heavy (non-hydrogen) atoms. The SMILES string of the molecule is CNC1CCCN(Cc2ccc(OCc3csc(C)n3)cc2)C1. The number of ether oxygens (including phenoxy) is 1. The van der Waals surface area contributed by atoms with Crippen molar-refractivity contribution in [1.29, 1.82) is 0 Å². The lowest BCUT2D eigenvalue weighted by Gasteiger charge is -2.32. The number of piperidine rings is 1. The predicted molar refractivity (Wildman–Crippen MR) is 95.0 cm³/mol. The Labute approximate surface area is 142 Å². The van der Waals surface area contributed by atoms with Gasteiger partial charge in [0.25, 0.3) is 0 Å². The Morgan fingerprint density at radius 2 is 2.17 bits per heavy atom. The summed E-state index contributed by atoms with van der Waals surface area (Å²) in [5, 5.41) is 6.53. The Balaban J connectivity index is 1.50. The van der Waals surface area contributed by atoms with Crippen LogP contribution in [0.3, 0.4) is 0 Å². The second-order valence-electron chi connectivity index (χ2n) is 6.15. The van der Waals surface area contributed by atoms with E-state index in [0.29, 0.717) is 12.6 Å². The molecule has 1 unspecified atom stereocenters. The van der Waals surface area contributed by atoms with Crippen molar-refractivity contribution >= 4 is 11.3 Å².